The van der Waals surface area contributed by atoms with Crippen LogP contribution in [0.15, 0.2) is 18.2 Å². The summed E-state index contributed by atoms with van der Waals surface area (Å²) >= 11 is 12.4. The topological polar surface area (TPSA) is 0 Å². The summed E-state index contributed by atoms with van der Waals surface area (Å²) in [4.78, 5) is 0. The molecule has 46 valence electrons. The van der Waals surface area contributed by atoms with Crippen LogP contribution >= 0.6 is 23.2 Å². The molecule has 0 spiro atoms. The second-order valence-electron chi connectivity index (χ2n) is 1.87. The molecule has 0 N–H and O–H groups in total. The molecule has 9 heavy (non-hydrogen) atoms. The first-order chi connectivity index (χ1) is 4.22. The number of hydrogen-bond acceptors (Lipinski definition) is 0. The number of hydrogen-bond donors (Lipinski definition) is 0. The van der Waals surface area contributed by atoms with Crippen LogP contribution in [0, 0.1) is 0 Å². The van der Waals surface area contributed by atoms with Gasteiger partial charge in [-0.05, 0) is 6.07 Å². The lowest BCUT2D eigenvalue weighted by Gasteiger charge is -1.96. The Morgan fingerprint density at radius 3 is 2.33 bits per heavy atom. The average molecular weight is 175 g/mol. The van der Waals surface area contributed by atoms with Gasteiger partial charge in [0.2, 0.25) is 0 Å². The van der Waals surface area contributed by atoms with Gasteiger partial charge in [0.15, 0.2) is 0 Å². The third-order valence-electron chi connectivity index (χ3n) is 1.14. The minimum atomic E-state index is 0.657. The van der Waals surface area contributed by atoms with Crippen LogP contribution in [-0.2, 0) is 0 Å². The number of halogens is 2. The van der Waals surface area contributed by atoms with Crippen LogP contribution in [0.3, 0.4) is 0 Å². The standard InChI is InChI=1S/C6H3Cl2.Al.2H/c7-5-3-1-2-4-6(5)8;;;/h1-3H;;;. The molecule has 0 radical (unpaired) electrons. The zero-order chi connectivity index (χ0) is 6.85. The summed E-state index contributed by atoms with van der Waals surface area (Å²) in [5.74, 6) is 0. The van der Waals surface area contributed by atoms with Crippen LogP contribution in [0.2, 0.25) is 10.0 Å². The van der Waals surface area contributed by atoms with Crippen molar-refractivity contribution in [3.8, 4) is 0 Å². The highest BCUT2D eigenvalue weighted by molar-refractivity contribution is 6.50. The predicted octanol–water partition coefficient (Wildman–Crippen LogP) is 1.25. The molecule has 0 amide bonds. The molecule has 0 heterocycles. The molecule has 0 aliphatic heterocycles. The SMILES string of the molecule is [AlH2][c]1cccc(Cl)c1Cl. The molecule has 0 aliphatic rings. The first-order valence-corrected chi connectivity index (χ1v) is 4.38. The lowest BCUT2D eigenvalue weighted by atomic mass is 10.4. The molecule has 0 saturated heterocycles. The number of benzene rings is 1. The third-order valence-corrected chi connectivity index (χ3v) is 3.21. The smallest absolute Gasteiger partial charge is 0.101 e. The summed E-state index contributed by atoms with van der Waals surface area (Å²) in [5.41, 5.74) is 0. The molecule has 0 aliphatic carbocycles. The summed E-state index contributed by atoms with van der Waals surface area (Å²) in [6, 6.07) is 5.70. The van der Waals surface area contributed by atoms with Gasteiger partial charge in [-0.1, -0.05) is 35.3 Å². The Labute approximate surface area is 72.2 Å². The fourth-order valence-electron chi connectivity index (χ4n) is 0.612. The fraction of sp³-hybridized carbons (Fsp3) is 0. The summed E-state index contributed by atoms with van der Waals surface area (Å²) in [6.07, 6.45) is 0. The van der Waals surface area contributed by atoms with Crippen molar-refractivity contribution >= 4 is 43.9 Å². The molecular formula is C6H5AlCl2. The molecule has 0 aromatic heterocycles. The van der Waals surface area contributed by atoms with E-state index in [1.54, 1.807) is 6.07 Å². The number of rotatable bonds is 0. The van der Waals surface area contributed by atoms with Gasteiger partial charge in [-0.2, -0.15) is 0 Å². The van der Waals surface area contributed by atoms with Gasteiger partial charge in [-0.15, -0.1) is 4.43 Å². The molecule has 0 fully saturated rings. The zero-order valence-electron chi connectivity index (χ0n) is 4.99. The first kappa shape index (κ1) is 7.44. The van der Waals surface area contributed by atoms with E-state index in [0.29, 0.717) is 10.0 Å². The van der Waals surface area contributed by atoms with Crippen molar-refractivity contribution in [1.29, 1.82) is 0 Å². The highest BCUT2D eigenvalue weighted by Gasteiger charge is 1.96. The van der Waals surface area contributed by atoms with E-state index in [9.17, 15) is 0 Å². The highest BCUT2D eigenvalue weighted by atomic mass is 35.5. The van der Waals surface area contributed by atoms with Crippen molar-refractivity contribution in [2.45, 2.75) is 0 Å². The van der Waals surface area contributed by atoms with Gasteiger partial charge in [0.1, 0.15) is 0 Å². The van der Waals surface area contributed by atoms with Gasteiger partial charge < -0.3 is 0 Å². The van der Waals surface area contributed by atoms with E-state index < -0.39 is 0 Å². The fourth-order valence-corrected chi connectivity index (χ4v) is 1.58. The normalized spacial score (nSPS) is 9.56. The molecule has 0 saturated carbocycles. The van der Waals surface area contributed by atoms with Crippen molar-refractivity contribution < 1.29 is 0 Å². The van der Waals surface area contributed by atoms with Crippen LogP contribution in [0.25, 0.3) is 0 Å². The maximum absolute atomic E-state index is 5.78. The van der Waals surface area contributed by atoms with Crippen LogP contribution < -0.4 is 4.43 Å². The summed E-state index contributed by atoms with van der Waals surface area (Å²) in [5, 5.41) is 1.37. The maximum Gasteiger partial charge on any atom is 0.261 e. The predicted molar refractivity (Wildman–Crippen MR) is 44.6 cm³/mol. The van der Waals surface area contributed by atoms with Crippen molar-refractivity contribution in [2.75, 3.05) is 0 Å². The second-order valence-corrected chi connectivity index (χ2v) is 3.73. The second kappa shape index (κ2) is 2.95. The van der Waals surface area contributed by atoms with Crippen LogP contribution in [0.5, 0.6) is 0 Å². The minimum Gasteiger partial charge on any atom is -0.101 e. The lowest BCUT2D eigenvalue weighted by molar-refractivity contribution is 1.76. The minimum absolute atomic E-state index is 0.657. The molecule has 0 unspecified atom stereocenters. The van der Waals surface area contributed by atoms with Crippen LogP contribution in [0.4, 0.5) is 0 Å². The largest absolute Gasteiger partial charge is 0.261 e. The van der Waals surface area contributed by atoms with Gasteiger partial charge in [0, 0.05) is 5.02 Å². The van der Waals surface area contributed by atoms with Gasteiger partial charge in [-0.3, -0.25) is 0 Å². The van der Waals surface area contributed by atoms with Crippen LogP contribution in [0.1, 0.15) is 0 Å². The molecule has 0 nitrogen and oxygen atoms in total. The Morgan fingerprint density at radius 1 is 1.22 bits per heavy atom. The summed E-state index contributed by atoms with van der Waals surface area (Å²) in [6.45, 7) is 0. The van der Waals surface area contributed by atoms with E-state index in [1.165, 1.54) is 0 Å². The van der Waals surface area contributed by atoms with E-state index in [2.05, 4.69) is 0 Å². The zero-order valence-corrected chi connectivity index (χ0v) is 8.50. The summed E-state index contributed by atoms with van der Waals surface area (Å²) in [7, 11) is 0. The van der Waals surface area contributed by atoms with E-state index in [-0.39, 0.29) is 0 Å². The molecular weight excluding hydrogens is 170 g/mol. The Hall–Kier alpha value is 0.332. The van der Waals surface area contributed by atoms with Crippen molar-refractivity contribution in [3.63, 3.8) is 0 Å². The monoisotopic (exact) mass is 174 g/mol. The third kappa shape index (κ3) is 1.63. The Balaban J connectivity index is 3.25. The molecule has 1 rings (SSSR count). The summed E-state index contributed by atoms with van der Waals surface area (Å²) < 4.78 is 1.16. The molecule has 0 bridgehead atoms. The van der Waals surface area contributed by atoms with Gasteiger partial charge in [0.25, 0.3) is 16.3 Å². The van der Waals surface area contributed by atoms with Gasteiger partial charge in [-0.25, -0.2) is 0 Å². The molecule has 3 heteroatoms. The van der Waals surface area contributed by atoms with E-state index in [4.69, 9.17) is 23.2 Å². The average Bonchev–Trinajstić information content (AvgIpc) is 1.83. The van der Waals surface area contributed by atoms with Crippen LogP contribution in [-0.4, -0.2) is 16.3 Å². The van der Waals surface area contributed by atoms with Crippen molar-refractivity contribution in [3.05, 3.63) is 28.2 Å². The van der Waals surface area contributed by atoms with Gasteiger partial charge >= 0.3 is 0 Å². The Morgan fingerprint density at radius 2 is 1.89 bits per heavy atom. The molecule has 1 aromatic rings. The molecule has 1 aromatic carbocycles. The molecule has 0 atom stereocenters. The Kier molecular flexibility index (Phi) is 2.43. The highest BCUT2D eigenvalue weighted by Crippen LogP contribution is 2.17. The Bertz CT molecular complexity index is 202. The van der Waals surface area contributed by atoms with Gasteiger partial charge in [0.05, 0.1) is 5.02 Å². The first-order valence-electron chi connectivity index (χ1n) is 2.62. The van der Waals surface area contributed by atoms with E-state index >= 15 is 0 Å². The quantitative estimate of drug-likeness (QED) is 0.520. The van der Waals surface area contributed by atoms with Crippen molar-refractivity contribution in [2.24, 2.45) is 0 Å². The lowest BCUT2D eigenvalue weighted by Crippen LogP contribution is -2.02. The van der Waals surface area contributed by atoms with E-state index in [0.717, 1.165) is 20.7 Å². The van der Waals surface area contributed by atoms with Crippen molar-refractivity contribution in [1.82, 2.24) is 0 Å². The maximum atomic E-state index is 5.78. The van der Waals surface area contributed by atoms with E-state index in [1.807, 2.05) is 12.1 Å².